The highest BCUT2D eigenvalue weighted by atomic mass is 32.1. The Morgan fingerprint density at radius 1 is 1.45 bits per heavy atom. The van der Waals surface area contributed by atoms with Crippen LogP contribution in [0.25, 0.3) is 0 Å². The molecule has 1 aromatic heterocycles. The van der Waals surface area contributed by atoms with Crippen LogP contribution >= 0.6 is 11.3 Å². The van der Waals surface area contributed by atoms with E-state index in [0.717, 1.165) is 37.9 Å². The summed E-state index contributed by atoms with van der Waals surface area (Å²) in [5.41, 5.74) is 6.02. The molecule has 1 atom stereocenters. The van der Waals surface area contributed by atoms with Gasteiger partial charge in [0, 0.05) is 38.1 Å². The SMILES string of the molecule is CC(C)CN1CCN(c2nc(C(N)C(=O)O)cs2)CC1. The summed E-state index contributed by atoms with van der Waals surface area (Å²) >= 11 is 1.47. The number of piperazine rings is 1. The summed E-state index contributed by atoms with van der Waals surface area (Å²) in [6.07, 6.45) is 0. The third kappa shape index (κ3) is 3.68. The van der Waals surface area contributed by atoms with Gasteiger partial charge in [0.25, 0.3) is 0 Å². The number of aromatic nitrogens is 1. The van der Waals surface area contributed by atoms with Crippen LogP contribution < -0.4 is 10.6 Å². The maximum Gasteiger partial charge on any atom is 0.326 e. The first kappa shape index (κ1) is 15.2. The van der Waals surface area contributed by atoms with Gasteiger partial charge in [-0.1, -0.05) is 13.8 Å². The Balaban J connectivity index is 1.92. The lowest BCUT2D eigenvalue weighted by Crippen LogP contribution is -2.47. The number of nitrogens with two attached hydrogens (primary N) is 1. The highest BCUT2D eigenvalue weighted by Crippen LogP contribution is 2.24. The van der Waals surface area contributed by atoms with Crippen molar-refractivity contribution in [3.8, 4) is 0 Å². The number of hydrogen-bond donors (Lipinski definition) is 2. The minimum absolute atomic E-state index is 0.446. The number of rotatable bonds is 5. The number of carboxylic acid groups (broad SMARTS) is 1. The van der Waals surface area contributed by atoms with Crippen LogP contribution in [0.2, 0.25) is 0 Å². The van der Waals surface area contributed by atoms with E-state index in [2.05, 4.69) is 28.6 Å². The van der Waals surface area contributed by atoms with Gasteiger partial charge < -0.3 is 15.7 Å². The van der Waals surface area contributed by atoms with Gasteiger partial charge in [-0.15, -0.1) is 11.3 Å². The molecule has 0 bridgehead atoms. The van der Waals surface area contributed by atoms with Gasteiger partial charge in [-0.2, -0.15) is 0 Å². The Labute approximate surface area is 123 Å². The predicted molar refractivity (Wildman–Crippen MR) is 80.2 cm³/mol. The van der Waals surface area contributed by atoms with E-state index in [-0.39, 0.29) is 0 Å². The molecule has 2 heterocycles. The standard InChI is InChI=1S/C13H22N4O2S/c1-9(2)7-16-3-5-17(6-4-16)13-15-10(8-20-13)11(14)12(18)19/h8-9,11H,3-7,14H2,1-2H3,(H,18,19). The minimum Gasteiger partial charge on any atom is -0.480 e. The molecule has 1 aromatic rings. The Morgan fingerprint density at radius 2 is 2.10 bits per heavy atom. The van der Waals surface area contributed by atoms with Crippen molar-refractivity contribution in [1.82, 2.24) is 9.88 Å². The van der Waals surface area contributed by atoms with Crippen molar-refractivity contribution in [3.05, 3.63) is 11.1 Å². The van der Waals surface area contributed by atoms with Crippen LogP contribution in [0.4, 0.5) is 5.13 Å². The molecule has 1 aliphatic rings. The van der Waals surface area contributed by atoms with Crippen molar-refractivity contribution in [2.24, 2.45) is 11.7 Å². The second-order valence-corrected chi connectivity index (χ2v) is 6.39. The molecule has 2 rings (SSSR count). The molecule has 7 heteroatoms. The number of carbonyl (C=O) groups is 1. The monoisotopic (exact) mass is 298 g/mol. The zero-order chi connectivity index (χ0) is 14.7. The van der Waals surface area contributed by atoms with Crippen LogP contribution in [0.15, 0.2) is 5.38 Å². The van der Waals surface area contributed by atoms with E-state index in [1.54, 1.807) is 5.38 Å². The predicted octanol–water partition coefficient (Wildman–Crippen LogP) is 1.01. The second-order valence-electron chi connectivity index (χ2n) is 5.55. The van der Waals surface area contributed by atoms with Gasteiger partial charge in [0.1, 0.15) is 6.04 Å². The van der Waals surface area contributed by atoms with E-state index in [1.165, 1.54) is 11.3 Å². The van der Waals surface area contributed by atoms with E-state index in [1.807, 2.05) is 0 Å². The molecular formula is C13H22N4O2S. The number of thiazole rings is 1. The molecule has 6 nitrogen and oxygen atoms in total. The Hall–Kier alpha value is -1.18. The molecule has 1 unspecified atom stereocenters. The molecule has 112 valence electrons. The number of anilines is 1. The van der Waals surface area contributed by atoms with Gasteiger partial charge in [-0.3, -0.25) is 9.69 Å². The molecule has 1 aliphatic heterocycles. The molecule has 20 heavy (non-hydrogen) atoms. The Kier molecular flexibility index (Phi) is 4.95. The third-order valence-electron chi connectivity index (χ3n) is 3.36. The minimum atomic E-state index is -1.04. The molecule has 1 saturated heterocycles. The fraction of sp³-hybridized carbons (Fsp3) is 0.692. The van der Waals surface area contributed by atoms with Gasteiger partial charge in [-0.25, -0.2) is 4.98 Å². The first-order chi connectivity index (χ1) is 9.47. The van der Waals surface area contributed by atoms with Crippen LogP contribution in [0.5, 0.6) is 0 Å². The van der Waals surface area contributed by atoms with Gasteiger partial charge in [-0.05, 0) is 5.92 Å². The van der Waals surface area contributed by atoms with Crippen LogP contribution in [0.3, 0.4) is 0 Å². The van der Waals surface area contributed by atoms with Crippen LogP contribution in [-0.2, 0) is 4.79 Å². The van der Waals surface area contributed by atoms with E-state index in [4.69, 9.17) is 10.8 Å². The van der Waals surface area contributed by atoms with Gasteiger partial charge in [0.2, 0.25) is 0 Å². The van der Waals surface area contributed by atoms with Crippen LogP contribution in [0.1, 0.15) is 25.6 Å². The number of aliphatic carboxylic acids is 1. The summed E-state index contributed by atoms with van der Waals surface area (Å²) in [6, 6.07) is -1.03. The normalized spacial score (nSPS) is 18.5. The molecule has 1 fully saturated rings. The molecule has 3 N–H and O–H groups in total. The lowest BCUT2D eigenvalue weighted by molar-refractivity contribution is -0.138. The maximum atomic E-state index is 10.9. The molecule has 0 aromatic carbocycles. The molecule has 0 saturated carbocycles. The molecule has 0 radical (unpaired) electrons. The summed E-state index contributed by atoms with van der Waals surface area (Å²) in [5, 5.41) is 11.5. The summed E-state index contributed by atoms with van der Waals surface area (Å²) in [7, 11) is 0. The van der Waals surface area contributed by atoms with Crippen molar-refractivity contribution >= 4 is 22.4 Å². The van der Waals surface area contributed by atoms with Gasteiger partial charge in [0.15, 0.2) is 5.13 Å². The zero-order valence-electron chi connectivity index (χ0n) is 12.0. The van der Waals surface area contributed by atoms with Gasteiger partial charge in [0.05, 0.1) is 5.69 Å². The van der Waals surface area contributed by atoms with Crippen molar-refractivity contribution in [3.63, 3.8) is 0 Å². The quantitative estimate of drug-likeness (QED) is 0.844. The number of carboxylic acids is 1. The van der Waals surface area contributed by atoms with Gasteiger partial charge >= 0.3 is 5.97 Å². The smallest absolute Gasteiger partial charge is 0.326 e. The molecule has 0 amide bonds. The summed E-state index contributed by atoms with van der Waals surface area (Å²) in [4.78, 5) is 19.9. The first-order valence-electron chi connectivity index (χ1n) is 6.88. The number of hydrogen-bond acceptors (Lipinski definition) is 6. The highest BCUT2D eigenvalue weighted by Gasteiger charge is 2.22. The average molecular weight is 298 g/mol. The molecule has 0 spiro atoms. The fourth-order valence-corrected chi connectivity index (χ4v) is 3.24. The topological polar surface area (TPSA) is 82.7 Å². The van der Waals surface area contributed by atoms with Crippen molar-refractivity contribution < 1.29 is 9.90 Å². The summed E-state index contributed by atoms with van der Waals surface area (Å²) in [5.74, 6) is -0.356. The van der Waals surface area contributed by atoms with E-state index in [9.17, 15) is 4.79 Å². The summed E-state index contributed by atoms with van der Waals surface area (Å²) in [6.45, 7) is 9.50. The largest absolute Gasteiger partial charge is 0.480 e. The number of nitrogens with zero attached hydrogens (tertiary/aromatic N) is 3. The summed E-state index contributed by atoms with van der Waals surface area (Å²) < 4.78 is 0. The van der Waals surface area contributed by atoms with Crippen molar-refractivity contribution in [1.29, 1.82) is 0 Å². The van der Waals surface area contributed by atoms with Crippen LogP contribution in [-0.4, -0.2) is 53.7 Å². The van der Waals surface area contributed by atoms with Crippen molar-refractivity contribution in [2.75, 3.05) is 37.6 Å². The Morgan fingerprint density at radius 3 is 2.65 bits per heavy atom. The lowest BCUT2D eigenvalue weighted by atomic mass is 10.2. The first-order valence-corrected chi connectivity index (χ1v) is 7.76. The van der Waals surface area contributed by atoms with E-state index in [0.29, 0.717) is 11.6 Å². The highest BCUT2D eigenvalue weighted by molar-refractivity contribution is 7.13. The Bertz CT molecular complexity index is 455. The fourth-order valence-electron chi connectivity index (χ4n) is 2.33. The second kappa shape index (κ2) is 6.51. The maximum absolute atomic E-state index is 10.9. The average Bonchev–Trinajstić information content (AvgIpc) is 2.87. The lowest BCUT2D eigenvalue weighted by Gasteiger charge is -2.35. The van der Waals surface area contributed by atoms with Crippen molar-refractivity contribution in [2.45, 2.75) is 19.9 Å². The van der Waals surface area contributed by atoms with Crippen LogP contribution in [0, 0.1) is 5.92 Å². The van der Waals surface area contributed by atoms with E-state index >= 15 is 0 Å². The molecule has 0 aliphatic carbocycles. The van der Waals surface area contributed by atoms with E-state index < -0.39 is 12.0 Å². The third-order valence-corrected chi connectivity index (χ3v) is 4.28. The zero-order valence-corrected chi connectivity index (χ0v) is 12.8. The molecular weight excluding hydrogens is 276 g/mol.